The van der Waals surface area contributed by atoms with Crippen molar-refractivity contribution in [3.8, 4) is 45.8 Å². The van der Waals surface area contributed by atoms with E-state index in [0.29, 0.717) is 0 Å². The maximum absolute atomic E-state index is 13.6. The van der Waals surface area contributed by atoms with Crippen LogP contribution in [0.3, 0.4) is 0 Å². The van der Waals surface area contributed by atoms with E-state index >= 15 is 0 Å². The van der Waals surface area contributed by atoms with Crippen LogP contribution < -0.4 is 10.2 Å². The van der Waals surface area contributed by atoms with Gasteiger partial charge in [-0.05, 0) is 12.1 Å². The summed E-state index contributed by atoms with van der Waals surface area (Å²) in [6, 6.07) is 3.73. The van der Waals surface area contributed by atoms with Gasteiger partial charge in [0.1, 0.15) is 40.8 Å². The Bertz CT molecular complexity index is 1560. The van der Waals surface area contributed by atoms with Crippen LogP contribution in [0, 0.1) is 5.92 Å². The number of hydrogen-bond donors (Lipinski definition) is 11. The van der Waals surface area contributed by atoms with Crippen LogP contribution in [0.1, 0.15) is 6.42 Å². The van der Waals surface area contributed by atoms with Gasteiger partial charge in [0.15, 0.2) is 29.3 Å². The van der Waals surface area contributed by atoms with Crippen LogP contribution in [0.5, 0.6) is 34.5 Å². The molecule has 5 rings (SSSR count). The van der Waals surface area contributed by atoms with Crippen LogP contribution >= 0.6 is 0 Å². The molecule has 2 fully saturated rings. The molecule has 3 aromatic rings. The number of fused-ring (bicyclic) bond motifs is 1. The Morgan fingerprint density at radius 3 is 2.13 bits per heavy atom. The van der Waals surface area contributed by atoms with Crippen molar-refractivity contribution in [3.05, 3.63) is 34.5 Å². The average molecular weight is 641 g/mol. The molecule has 3 heterocycles. The maximum atomic E-state index is 13.6. The molecule has 17 heteroatoms. The van der Waals surface area contributed by atoms with E-state index in [2.05, 4.69) is 0 Å². The third kappa shape index (κ3) is 6.17. The third-order valence-electron chi connectivity index (χ3n) is 7.70. The molecule has 11 N–H and O–H groups in total. The number of benzene rings is 2. The lowest BCUT2D eigenvalue weighted by molar-refractivity contribution is -0.309. The summed E-state index contributed by atoms with van der Waals surface area (Å²) in [5.74, 6) is -5.74. The van der Waals surface area contributed by atoms with E-state index in [1.54, 1.807) is 0 Å². The first-order valence-corrected chi connectivity index (χ1v) is 13.7. The molecule has 2 aliphatic rings. The minimum absolute atomic E-state index is 0.197. The quantitative estimate of drug-likeness (QED) is 0.122. The van der Waals surface area contributed by atoms with Crippen LogP contribution in [-0.4, -0.2) is 125 Å². The van der Waals surface area contributed by atoms with Crippen molar-refractivity contribution in [1.29, 1.82) is 0 Å². The standard InChI is InChI=1S/C28H32O17/c29-6-11-17(7-30)44-28(25(40)21(11)36)41-8-18-23(38)15(35)5-19(42-18)45-27-24(39)20-12(32)3-10(31)4-16(20)43-26(27)9-1-13(33)22(37)14(34)2-9/h1-4,11,15,17-19,21,23,25,28-38,40H,5-8H2/t11?,15-,17-,18-,19+,21+,23-,25+,28-/m1/s1. The highest BCUT2D eigenvalue weighted by Crippen LogP contribution is 2.43. The number of hydrogen-bond acceptors (Lipinski definition) is 17. The topological polar surface area (TPSA) is 290 Å². The number of phenolic OH excluding ortho intramolecular Hbond substituents is 5. The van der Waals surface area contributed by atoms with Crippen molar-refractivity contribution >= 4 is 11.0 Å². The molecule has 2 aromatic carbocycles. The first-order chi connectivity index (χ1) is 21.3. The van der Waals surface area contributed by atoms with Gasteiger partial charge in [-0.25, -0.2) is 0 Å². The number of phenols is 5. The lowest BCUT2D eigenvalue weighted by Crippen LogP contribution is -2.58. The molecule has 0 amide bonds. The molecule has 246 valence electrons. The molecule has 17 nitrogen and oxygen atoms in total. The first kappa shape index (κ1) is 32.5. The summed E-state index contributed by atoms with van der Waals surface area (Å²) in [5, 5.41) is 111. The second kappa shape index (κ2) is 12.8. The molecule has 0 spiro atoms. The van der Waals surface area contributed by atoms with Gasteiger partial charge in [-0.3, -0.25) is 4.79 Å². The largest absolute Gasteiger partial charge is 0.508 e. The zero-order valence-electron chi connectivity index (χ0n) is 23.2. The summed E-state index contributed by atoms with van der Waals surface area (Å²) < 4.78 is 28.2. The van der Waals surface area contributed by atoms with Gasteiger partial charge in [0.2, 0.25) is 17.5 Å². The highest BCUT2D eigenvalue weighted by molar-refractivity contribution is 5.88. The Labute approximate surface area is 252 Å². The van der Waals surface area contributed by atoms with Gasteiger partial charge in [0.25, 0.3) is 0 Å². The predicted octanol–water partition coefficient (Wildman–Crippen LogP) is -1.73. The monoisotopic (exact) mass is 640 g/mol. The maximum Gasteiger partial charge on any atom is 0.239 e. The Morgan fingerprint density at radius 1 is 0.800 bits per heavy atom. The highest BCUT2D eigenvalue weighted by atomic mass is 16.7. The first-order valence-electron chi connectivity index (χ1n) is 13.7. The minimum Gasteiger partial charge on any atom is -0.508 e. The molecule has 1 unspecified atom stereocenters. The molecule has 9 atom stereocenters. The minimum atomic E-state index is -1.67. The lowest BCUT2D eigenvalue weighted by atomic mass is 9.90. The van der Waals surface area contributed by atoms with Crippen molar-refractivity contribution in [2.45, 2.75) is 55.6 Å². The van der Waals surface area contributed by atoms with E-state index in [-0.39, 0.29) is 11.1 Å². The van der Waals surface area contributed by atoms with E-state index < -0.39 is 132 Å². The Balaban J connectivity index is 1.45. The highest BCUT2D eigenvalue weighted by Gasteiger charge is 2.46. The molecular weight excluding hydrogens is 608 g/mol. The summed E-state index contributed by atoms with van der Waals surface area (Å²) >= 11 is 0. The number of aliphatic hydroxyl groups is 6. The molecule has 0 aliphatic carbocycles. The smallest absolute Gasteiger partial charge is 0.239 e. The van der Waals surface area contributed by atoms with Crippen LogP contribution in [-0.2, 0) is 14.2 Å². The van der Waals surface area contributed by atoms with Gasteiger partial charge in [0.05, 0.1) is 38.1 Å². The normalized spacial score (nSPS) is 30.4. The third-order valence-corrected chi connectivity index (χ3v) is 7.70. The Hall–Kier alpha value is -3.91. The molecule has 2 saturated heterocycles. The van der Waals surface area contributed by atoms with Gasteiger partial charge >= 0.3 is 0 Å². The fourth-order valence-electron chi connectivity index (χ4n) is 5.28. The molecule has 1 aromatic heterocycles. The van der Waals surface area contributed by atoms with Crippen LogP contribution in [0.2, 0.25) is 0 Å². The number of rotatable bonds is 8. The van der Waals surface area contributed by atoms with Crippen LogP contribution in [0.15, 0.2) is 33.5 Å². The van der Waals surface area contributed by atoms with Crippen molar-refractivity contribution in [2.24, 2.45) is 5.92 Å². The zero-order valence-corrected chi connectivity index (χ0v) is 23.2. The van der Waals surface area contributed by atoms with E-state index in [0.717, 1.165) is 24.3 Å². The van der Waals surface area contributed by atoms with Crippen molar-refractivity contribution in [3.63, 3.8) is 0 Å². The van der Waals surface area contributed by atoms with Gasteiger partial charge in [0, 0.05) is 30.0 Å². The second-order valence-electron chi connectivity index (χ2n) is 10.7. The van der Waals surface area contributed by atoms with E-state index in [1.807, 2.05) is 0 Å². The molecule has 2 aliphatic heterocycles. The van der Waals surface area contributed by atoms with E-state index in [1.165, 1.54) is 0 Å². The van der Waals surface area contributed by atoms with Gasteiger partial charge in [-0.1, -0.05) is 0 Å². The fraction of sp³-hybridized carbons (Fsp3) is 0.464. The number of aromatic hydroxyl groups is 5. The molecule has 0 radical (unpaired) electrons. The molecule has 0 bridgehead atoms. The fourth-order valence-corrected chi connectivity index (χ4v) is 5.28. The molecular formula is C28H32O17. The van der Waals surface area contributed by atoms with Gasteiger partial charge in [-0.2, -0.15) is 0 Å². The lowest BCUT2D eigenvalue weighted by Gasteiger charge is -2.42. The molecule has 0 saturated carbocycles. The van der Waals surface area contributed by atoms with Crippen molar-refractivity contribution in [2.75, 3.05) is 19.8 Å². The summed E-state index contributed by atoms with van der Waals surface area (Å²) in [6.45, 7) is -1.79. The summed E-state index contributed by atoms with van der Waals surface area (Å²) in [5.41, 5.74) is -1.53. The average Bonchev–Trinajstić information content (AvgIpc) is 2.99. The van der Waals surface area contributed by atoms with Crippen molar-refractivity contribution in [1.82, 2.24) is 0 Å². The van der Waals surface area contributed by atoms with Crippen LogP contribution in [0.4, 0.5) is 0 Å². The number of ether oxygens (including phenoxy) is 4. The van der Waals surface area contributed by atoms with E-state index in [4.69, 9.17) is 23.4 Å². The van der Waals surface area contributed by atoms with E-state index in [9.17, 15) is 61.0 Å². The summed E-state index contributed by atoms with van der Waals surface area (Å²) in [4.78, 5) is 13.6. The summed E-state index contributed by atoms with van der Waals surface area (Å²) in [7, 11) is 0. The predicted molar refractivity (Wildman–Crippen MR) is 146 cm³/mol. The second-order valence-corrected chi connectivity index (χ2v) is 10.7. The van der Waals surface area contributed by atoms with Gasteiger partial charge in [-0.15, -0.1) is 0 Å². The Kier molecular flexibility index (Phi) is 9.26. The van der Waals surface area contributed by atoms with Crippen LogP contribution in [0.25, 0.3) is 22.3 Å². The number of aliphatic hydroxyl groups excluding tert-OH is 6. The van der Waals surface area contributed by atoms with Crippen molar-refractivity contribution < 1.29 is 79.5 Å². The molecule has 45 heavy (non-hydrogen) atoms. The Morgan fingerprint density at radius 2 is 1.49 bits per heavy atom. The zero-order chi connectivity index (χ0) is 32.7. The van der Waals surface area contributed by atoms with Gasteiger partial charge < -0.3 is 79.5 Å². The summed E-state index contributed by atoms with van der Waals surface area (Å²) in [6.07, 6.45) is -12.3. The SMILES string of the molecule is O=c1c(O[C@H]2C[C@@H](O)[C@@H](O)[C@@H](CO[C@@H]3O[C@H](CO)C(CO)[C@H](O)[C@@H]3O)O2)c(-c2cc(O)c(O)c(O)c2)oc2cc(O)cc(O)c12.